The summed E-state index contributed by atoms with van der Waals surface area (Å²) in [7, 11) is 3.27. The Morgan fingerprint density at radius 2 is 2.12 bits per heavy atom. The van der Waals surface area contributed by atoms with Crippen LogP contribution in [0.15, 0.2) is 12.3 Å². The molecule has 0 saturated carbocycles. The van der Waals surface area contributed by atoms with E-state index < -0.39 is 5.91 Å². The number of nitrogens with one attached hydrogen (secondary N) is 1. The molecule has 0 aromatic carbocycles. The number of nitrogen functional groups attached to an aromatic ring is 1. The maximum absolute atomic E-state index is 11.4. The molecule has 0 bridgehead atoms. The smallest absolute Gasteiger partial charge is 0.252 e. The summed E-state index contributed by atoms with van der Waals surface area (Å²) in [4.78, 5) is 27.9. The fourth-order valence-electron chi connectivity index (χ4n) is 1.13. The van der Waals surface area contributed by atoms with Gasteiger partial charge in [0.1, 0.15) is 5.82 Å². The van der Waals surface area contributed by atoms with Crippen LogP contribution < -0.4 is 16.8 Å². The van der Waals surface area contributed by atoms with Crippen LogP contribution in [-0.4, -0.2) is 42.3 Å². The summed E-state index contributed by atoms with van der Waals surface area (Å²) in [5.74, 6) is -0.537. The number of hydrogen-bond donors (Lipinski definition) is 3. The van der Waals surface area contributed by atoms with Crippen LogP contribution in [-0.2, 0) is 4.79 Å². The lowest BCUT2D eigenvalue weighted by atomic mass is 10.2. The molecule has 1 rings (SSSR count). The lowest BCUT2D eigenvalue weighted by Crippen LogP contribution is -2.29. The Bertz CT molecular complexity index is 444. The highest BCUT2D eigenvalue weighted by Crippen LogP contribution is 2.14. The molecule has 0 aliphatic rings. The molecule has 92 valence electrons. The molecule has 2 amide bonds. The molecule has 1 aromatic heterocycles. The van der Waals surface area contributed by atoms with E-state index in [4.69, 9.17) is 11.5 Å². The standard InChI is InChI=1S/C10H15N5O2/c1-15(2)8(16)5-14-10-7(9(12)17)3-6(11)4-13-10/h3-4H,5,11H2,1-2H3,(H2,12,17)(H,13,14). The molecule has 0 unspecified atom stereocenters. The van der Waals surface area contributed by atoms with Gasteiger partial charge in [0.15, 0.2) is 0 Å². The van der Waals surface area contributed by atoms with E-state index in [9.17, 15) is 9.59 Å². The van der Waals surface area contributed by atoms with Gasteiger partial charge in [-0.05, 0) is 6.07 Å². The van der Waals surface area contributed by atoms with Crippen molar-refractivity contribution in [3.05, 3.63) is 17.8 Å². The Morgan fingerprint density at radius 3 is 2.65 bits per heavy atom. The van der Waals surface area contributed by atoms with Crippen LogP contribution in [0.4, 0.5) is 11.5 Å². The SMILES string of the molecule is CN(C)C(=O)CNc1ncc(N)cc1C(N)=O. The summed E-state index contributed by atoms with van der Waals surface area (Å²) in [5.41, 5.74) is 11.2. The van der Waals surface area contributed by atoms with E-state index in [2.05, 4.69) is 10.3 Å². The molecule has 0 saturated heterocycles. The summed E-state index contributed by atoms with van der Waals surface area (Å²) in [6.07, 6.45) is 1.38. The Hall–Kier alpha value is -2.31. The van der Waals surface area contributed by atoms with Crippen molar-refractivity contribution in [3.8, 4) is 0 Å². The summed E-state index contributed by atoms with van der Waals surface area (Å²) in [6.45, 7) is 0.0319. The number of likely N-dealkylation sites (N-methyl/N-ethyl adjacent to an activating group) is 1. The minimum absolute atomic E-state index is 0.0319. The number of pyridine rings is 1. The number of aromatic nitrogens is 1. The molecule has 0 fully saturated rings. The number of hydrogen-bond acceptors (Lipinski definition) is 5. The molecule has 0 aliphatic heterocycles. The van der Waals surface area contributed by atoms with Crippen LogP contribution in [0.3, 0.4) is 0 Å². The summed E-state index contributed by atoms with van der Waals surface area (Å²) >= 11 is 0. The van der Waals surface area contributed by atoms with Crippen LogP contribution in [0.2, 0.25) is 0 Å². The van der Waals surface area contributed by atoms with Crippen LogP contribution in [0, 0.1) is 0 Å². The molecule has 0 radical (unpaired) electrons. The van der Waals surface area contributed by atoms with Crippen LogP contribution in [0.5, 0.6) is 0 Å². The third-order valence-electron chi connectivity index (χ3n) is 2.08. The molecular formula is C10H15N5O2. The third-order valence-corrected chi connectivity index (χ3v) is 2.08. The summed E-state index contributed by atoms with van der Waals surface area (Å²) in [5, 5.41) is 2.74. The van der Waals surface area contributed by atoms with E-state index in [0.717, 1.165) is 0 Å². The van der Waals surface area contributed by atoms with Crippen molar-refractivity contribution in [2.75, 3.05) is 31.7 Å². The van der Waals surface area contributed by atoms with Crippen molar-refractivity contribution < 1.29 is 9.59 Å². The van der Waals surface area contributed by atoms with Crippen molar-refractivity contribution in [1.29, 1.82) is 0 Å². The second-order valence-corrected chi connectivity index (χ2v) is 3.67. The first kappa shape index (κ1) is 12.8. The van der Waals surface area contributed by atoms with Gasteiger partial charge >= 0.3 is 0 Å². The van der Waals surface area contributed by atoms with E-state index in [1.165, 1.54) is 17.2 Å². The number of primary amides is 1. The highest BCUT2D eigenvalue weighted by Gasteiger charge is 2.11. The van der Waals surface area contributed by atoms with Crippen molar-refractivity contribution in [2.45, 2.75) is 0 Å². The fraction of sp³-hybridized carbons (Fsp3) is 0.300. The van der Waals surface area contributed by atoms with E-state index in [0.29, 0.717) is 5.69 Å². The fourth-order valence-corrected chi connectivity index (χ4v) is 1.13. The van der Waals surface area contributed by atoms with Crippen LogP contribution in [0.25, 0.3) is 0 Å². The predicted molar refractivity (Wildman–Crippen MR) is 64.4 cm³/mol. The molecule has 17 heavy (non-hydrogen) atoms. The number of anilines is 2. The molecule has 0 atom stereocenters. The van der Waals surface area contributed by atoms with Crippen molar-refractivity contribution in [3.63, 3.8) is 0 Å². The number of rotatable bonds is 4. The number of nitrogens with zero attached hydrogens (tertiary/aromatic N) is 2. The average molecular weight is 237 g/mol. The maximum atomic E-state index is 11.4. The first-order valence-electron chi connectivity index (χ1n) is 4.91. The normalized spacial score (nSPS) is 9.76. The topological polar surface area (TPSA) is 114 Å². The van der Waals surface area contributed by atoms with Crippen LogP contribution >= 0.6 is 0 Å². The summed E-state index contributed by atoms with van der Waals surface area (Å²) < 4.78 is 0. The largest absolute Gasteiger partial charge is 0.397 e. The minimum Gasteiger partial charge on any atom is -0.397 e. The Balaban J connectivity index is 2.84. The van der Waals surface area contributed by atoms with E-state index >= 15 is 0 Å². The zero-order valence-electron chi connectivity index (χ0n) is 9.73. The molecule has 0 aliphatic carbocycles. The van der Waals surface area contributed by atoms with Gasteiger partial charge in [-0.15, -0.1) is 0 Å². The first-order valence-corrected chi connectivity index (χ1v) is 4.91. The second-order valence-electron chi connectivity index (χ2n) is 3.67. The quantitative estimate of drug-likeness (QED) is 0.638. The van der Waals surface area contributed by atoms with Gasteiger partial charge in [-0.1, -0.05) is 0 Å². The maximum Gasteiger partial charge on any atom is 0.252 e. The number of nitrogens with two attached hydrogens (primary N) is 2. The molecule has 1 heterocycles. The third kappa shape index (κ3) is 3.33. The van der Waals surface area contributed by atoms with Gasteiger partial charge in [-0.3, -0.25) is 9.59 Å². The number of amides is 2. The summed E-state index contributed by atoms with van der Waals surface area (Å²) in [6, 6.07) is 1.41. The Kier molecular flexibility index (Phi) is 3.86. The highest BCUT2D eigenvalue weighted by molar-refractivity contribution is 5.98. The van der Waals surface area contributed by atoms with Crippen LogP contribution in [0.1, 0.15) is 10.4 Å². The minimum atomic E-state index is -0.649. The van der Waals surface area contributed by atoms with Crippen molar-refractivity contribution in [1.82, 2.24) is 9.88 Å². The lowest BCUT2D eigenvalue weighted by molar-refractivity contribution is -0.126. The van der Waals surface area contributed by atoms with Gasteiger partial charge in [0, 0.05) is 14.1 Å². The van der Waals surface area contributed by atoms with Gasteiger partial charge in [-0.25, -0.2) is 4.98 Å². The number of carbonyl (C=O) groups is 2. The van der Waals surface area contributed by atoms with E-state index in [-0.39, 0.29) is 23.8 Å². The zero-order chi connectivity index (χ0) is 13.0. The van der Waals surface area contributed by atoms with E-state index in [1.807, 2.05) is 0 Å². The molecule has 0 spiro atoms. The molecular weight excluding hydrogens is 222 g/mol. The highest BCUT2D eigenvalue weighted by atomic mass is 16.2. The van der Waals surface area contributed by atoms with Gasteiger partial charge < -0.3 is 21.7 Å². The van der Waals surface area contributed by atoms with E-state index in [1.54, 1.807) is 14.1 Å². The van der Waals surface area contributed by atoms with Gasteiger partial charge in [0.2, 0.25) is 5.91 Å². The van der Waals surface area contributed by atoms with Crippen molar-refractivity contribution >= 4 is 23.3 Å². The molecule has 7 nitrogen and oxygen atoms in total. The first-order chi connectivity index (χ1) is 7.91. The van der Waals surface area contributed by atoms with Gasteiger partial charge in [0.25, 0.3) is 5.91 Å². The van der Waals surface area contributed by atoms with Crippen molar-refractivity contribution in [2.24, 2.45) is 5.73 Å². The van der Waals surface area contributed by atoms with Gasteiger partial charge in [0.05, 0.1) is 24.0 Å². The number of carbonyl (C=O) groups excluding carboxylic acids is 2. The van der Waals surface area contributed by atoms with Gasteiger partial charge in [-0.2, -0.15) is 0 Å². The molecule has 1 aromatic rings. The molecule has 7 heteroatoms. The average Bonchev–Trinajstić information content (AvgIpc) is 2.26. The zero-order valence-corrected chi connectivity index (χ0v) is 9.73. The monoisotopic (exact) mass is 237 g/mol. The Morgan fingerprint density at radius 1 is 1.47 bits per heavy atom. The predicted octanol–water partition coefficient (Wildman–Crippen LogP) is -0.737. The lowest BCUT2D eigenvalue weighted by Gasteiger charge is -2.12. The second kappa shape index (κ2) is 5.15. The molecule has 5 N–H and O–H groups in total. The Labute approximate surface area is 98.8 Å².